The lowest BCUT2D eigenvalue weighted by atomic mass is 9.88. The average Bonchev–Trinajstić information content (AvgIpc) is 3.34. The molecule has 314 valence electrons. The van der Waals surface area contributed by atoms with E-state index in [1.807, 2.05) is 46.1 Å². The number of hydrogen-bond acceptors (Lipinski definition) is 3. The number of benzene rings is 6. The highest BCUT2D eigenvalue weighted by Gasteiger charge is 2.16. The second-order valence-electron chi connectivity index (χ2n) is 14.5. The fourth-order valence-corrected chi connectivity index (χ4v) is 7.53. The van der Waals surface area contributed by atoms with Crippen molar-refractivity contribution >= 4 is 57.0 Å². The molecule has 3 heteroatoms. The van der Waals surface area contributed by atoms with Crippen LogP contribution in [0.1, 0.15) is 68.9 Å². The molecule has 0 amide bonds. The lowest BCUT2D eigenvalue weighted by molar-refractivity contribution is 1.07. The number of fused-ring (bicyclic) bond motifs is 2. The summed E-state index contributed by atoms with van der Waals surface area (Å²) >= 11 is 0. The van der Waals surface area contributed by atoms with Gasteiger partial charge < -0.3 is 0 Å². The van der Waals surface area contributed by atoms with E-state index in [2.05, 4.69) is 214 Å². The van der Waals surface area contributed by atoms with E-state index in [4.69, 9.17) is 4.99 Å². The fourth-order valence-electron chi connectivity index (χ4n) is 7.53. The molecule has 63 heavy (non-hydrogen) atoms. The molecule has 6 aromatic rings. The summed E-state index contributed by atoms with van der Waals surface area (Å²) in [5, 5.41) is 4.74. The number of hydrogen-bond donors (Lipinski definition) is 0. The molecule has 0 fully saturated rings. The summed E-state index contributed by atoms with van der Waals surface area (Å²) in [6.07, 6.45) is 19.4. The van der Waals surface area contributed by atoms with E-state index in [9.17, 15) is 0 Å². The minimum Gasteiger partial charge on any atom is -0.280 e. The second-order valence-corrected chi connectivity index (χ2v) is 14.5. The quantitative estimate of drug-likeness (QED) is 0.0510. The van der Waals surface area contributed by atoms with E-state index in [-0.39, 0.29) is 0 Å². The molecule has 1 heterocycles. The first-order valence-electron chi connectivity index (χ1n) is 21.6. The zero-order chi connectivity index (χ0) is 45.1. The van der Waals surface area contributed by atoms with Crippen molar-refractivity contribution in [3.05, 3.63) is 247 Å². The summed E-state index contributed by atoms with van der Waals surface area (Å²) in [5.41, 5.74) is 14.0. The van der Waals surface area contributed by atoms with Crippen molar-refractivity contribution in [2.45, 2.75) is 47.6 Å². The van der Waals surface area contributed by atoms with Gasteiger partial charge in [0.05, 0.1) is 23.7 Å². The van der Waals surface area contributed by atoms with Crippen LogP contribution >= 0.6 is 0 Å². The Morgan fingerprint density at radius 1 is 0.746 bits per heavy atom. The highest BCUT2D eigenvalue weighted by Crippen LogP contribution is 2.38. The van der Waals surface area contributed by atoms with Crippen molar-refractivity contribution in [1.29, 1.82) is 0 Å². The van der Waals surface area contributed by atoms with Crippen molar-refractivity contribution in [2.75, 3.05) is 0 Å². The average molecular weight is 822 g/mol. The van der Waals surface area contributed by atoms with Gasteiger partial charge in [-0.15, -0.1) is 13.2 Å². The zero-order valence-electron chi connectivity index (χ0n) is 37.6. The summed E-state index contributed by atoms with van der Waals surface area (Å²) < 4.78 is 0. The van der Waals surface area contributed by atoms with Gasteiger partial charge in [-0.25, -0.2) is 0 Å². The molecule has 0 aromatic heterocycles. The van der Waals surface area contributed by atoms with Crippen LogP contribution in [0.15, 0.2) is 234 Å². The van der Waals surface area contributed by atoms with Crippen molar-refractivity contribution in [1.82, 2.24) is 0 Å². The Labute approximate surface area is 376 Å². The van der Waals surface area contributed by atoms with Crippen LogP contribution in [0.3, 0.4) is 0 Å². The number of allylic oxidation sites excluding steroid dienone is 12. The first-order valence-corrected chi connectivity index (χ1v) is 21.6. The molecule has 0 bridgehead atoms. The van der Waals surface area contributed by atoms with Gasteiger partial charge in [-0.2, -0.15) is 0 Å². The molecular formula is C60H59N3. The number of nitrogens with zero attached hydrogens (tertiary/aromatic N) is 3. The van der Waals surface area contributed by atoms with Gasteiger partial charge in [-0.3, -0.25) is 15.0 Å². The third-order valence-electron chi connectivity index (χ3n) is 10.7. The maximum atomic E-state index is 5.32. The number of aliphatic imine (C=N–C) groups is 3. The SMILES string of the molecule is C=C.C=C/C(=C\C)c1ccc(/C(=C/C(=NCc2ccccc2)c2cc(C(=C)\C=C/C3=C(C)/C(=C/C)N=CC/C=C\3)cc(-c3c4ccccc4cc4ccccc34)c2)N=C)cc1.CC. The van der Waals surface area contributed by atoms with E-state index < -0.39 is 0 Å². The summed E-state index contributed by atoms with van der Waals surface area (Å²) in [6.45, 7) is 29.3. The highest BCUT2D eigenvalue weighted by molar-refractivity contribution is 6.16. The van der Waals surface area contributed by atoms with Crippen molar-refractivity contribution in [2.24, 2.45) is 15.0 Å². The molecule has 6 aromatic carbocycles. The summed E-state index contributed by atoms with van der Waals surface area (Å²) in [4.78, 5) is 14.6. The highest BCUT2D eigenvalue weighted by atomic mass is 14.8. The van der Waals surface area contributed by atoms with Gasteiger partial charge in [0.1, 0.15) is 0 Å². The van der Waals surface area contributed by atoms with Crippen LogP contribution in [0.25, 0.3) is 49.5 Å². The monoisotopic (exact) mass is 821 g/mol. The van der Waals surface area contributed by atoms with Crippen LogP contribution in [0.4, 0.5) is 0 Å². The standard InChI is InChI=1S/C56H49N3.C2H6.C2H4/c1-7-42(8-2)44-28-30-45(31-29-44)54(57-6)37-55(59-38-41-19-11-10-12-20-41)49-34-48(39(4)26-27-43-21-17-18-32-58-53(9-3)40(43)5)35-50(36-49)56-51-24-15-13-22-46(51)33-47-23-14-16-25-52(47)56;2*1-2/h7-17,19-37H,1,4,6,18,38H2,2-3,5H3;1-2H3;1-2H2/b21-17-,27-26-,42-8+,43-40+,53-9-,54-37-,58-32?,59-55?;;. The van der Waals surface area contributed by atoms with E-state index in [1.165, 1.54) is 27.1 Å². The Balaban J connectivity index is 0.00000182. The molecule has 1 aliphatic heterocycles. The largest absolute Gasteiger partial charge is 0.280 e. The predicted molar refractivity (Wildman–Crippen MR) is 281 cm³/mol. The molecule has 0 unspecified atom stereocenters. The maximum absolute atomic E-state index is 5.32. The molecule has 0 N–H and O–H groups in total. The third kappa shape index (κ3) is 11.5. The predicted octanol–water partition coefficient (Wildman–Crippen LogP) is 16.6. The minimum atomic E-state index is 0.493. The summed E-state index contributed by atoms with van der Waals surface area (Å²) in [5.74, 6) is 0. The van der Waals surface area contributed by atoms with Crippen molar-refractivity contribution in [3.8, 4) is 11.1 Å². The maximum Gasteiger partial charge on any atom is 0.0716 e. The van der Waals surface area contributed by atoms with E-state index in [0.717, 1.165) is 79.2 Å². The Kier molecular flexibility index (Phi) is 17.4. The van der Waals surface area contributed by atoms with Crippen LogP contribution in [0, 0.1) is 0 Å². The van der Waals surface area contributed by atoms with Gasteiger partial charge >= 0.3 is 0 Å². The van der Waals surface area contributed by atoms with Crippen molar-refractivity contribution in [3.63, 3.8) is 0 Å². The van der Waals surface area contributed by atoms with Crippen LogP contribution in [0.2, 0.25) is 0 Å². The van der Waals surface area contributed by atoms with E-state index >= 15 is 0 Å². The third-order valence-corrected chi connectivity index (χ3v) is 10.7. The molecule has 0 atom stereocenters. The zero-order valence-corrected chi connectivity index (χ0v) is 37.6. The molecule has 0 aliphatic carbocycles. The Bertz CT molecular complexity index is 2780. The normalized spacial score (nSPS) is 15.5. The van der Waals surface area contributed by atoms with E-state index in [0.29, 0.717) is 6.54 Å². The lowest BCUT2D eigenvalue weighted by Gasteiger charge is -2.16. The molecule has 7 rings (SSSR count). The summed E-state index contributed by atoms with van der Waals surface area (Å²) in [6, 6.07) is 45.0. The van der Waals surface area contributed by atoms with Crippen LogP contribution in [0.5, 0.6) is 0 Å². The molecule has 0 spiro atoms. The Hall–Kier alpha value is -7.49. The molecule has 3 nitrogen and oxygen atoms in total. The number of rotatable bonds is 12. The van der Waals surface area contributed by atoms with Crippen LogP contribution < -0.4 is 0 Å². The lowest BCUT2D eigenvalue weighted by Crippen LogP contribution is -2.02. The smallest absolute Gasteiger partial charge is 0.0716 e. The van der Waals surface area contributed by atoms with Gasteiger partial charge in [0.25, 0.3) is 0 Å². The molecule has 1 aliphatic rings. The van der Waals surface area contributed by atoms with Gasteiger partial charge in [0.2, 0.25) is 0 Å². The van der Waals surface area contributed by atoms with Gasteiger partial charge in [-0.1, -0.05) is 173 Å². The van der Waals surface area contributed by atoms with Crippen LogP contribution in [-0.2, 0) is 6.54 Å². The topological polar surface area (TPSA) is 37.1 Å². The minimum absolute atomic E-state index is 0.493. The molecule has 0 saturated heterocycles. The van der Waals surface area contributed by atoms with Crippen LogP contribution in [-0.4, -0.2) is 18.6 Å². The van der Waals surface area contributed by atoms with Gasteiger partial charge in [0.15, 0.2) is 0 Å². The first kappa shape index (κ1) is 46.6. The van der Waals surface area contributed by atoms with E-state index in [1.54, 1.807) is 0 Å². The molecule has 0 saturated carbocycles. The Morgan fingerprint density at radius 3 is 1.98 bits per heavy atom. The second kappa shape index (κ2) is 23.5. The first-order chi connectivity index (χ1) is 30.9. The fraction of sp³-hybridized carbons (Fsp3) is 0.117. The Morgan fingerprint density at radius 2 is 1.37 bits per heavy atom. The van der Waals surface area contributed by atoms with Gasteiger partial charge in [0, 0.05) is 23.8 Å². The molecular weight excluding hydrogens is 763 g/mol. The summed E-state index contributed by atoms with van der Waals surface area (Å²) in [7, 11) is 0. The van der Waals surface area contributed by atoms with Gasteiger partial charge in [-0.05, 0) is 129 Å². The van der Waals surface area contributed by atoms with Crippen molar-refractivity contribution < 1.29 is 0 Å². The molecule has 0 radical (unpaired) electrons.